The van der Waals surface area contributed by atoms with Crippen LogP contribution in [0.25, 0.3) is 0 Å². The maximum Gasteiger partial charge on any atom is 0.265 e. The number of carbonyl (C=O) groups excluding carboxylic acids is 1. The molecule has 156 valence electrons. The van der Waals surface area contributed by atoms with E-state index < -0.39 is 21.9 Å². The fourth-order valence-electron chi connectivity index (χ4n) is 2.67. The third-order valence-corrected chi connectivity index (χ3v) is 5.62. The van der Waals surface area contributed by atoms with Crippen molar-refractivity contribution in [1.82, 2.24) is 0 Å². The zero-order valence-corrected chi connectivity index (χ0v) is 17.0. The summed E-state index contributed by atoms with van der Waals surface area (Å²) >= 11 is 0. The number of carbonyl (C=O) groups is 1. The molecule has 1 unspecified atom stereocenters. The number of rotatable bonds is 8. The summed E-state index contributed by atoms with van der Waals surface area (Å²) in [7, 11) is -3.97. The van der Waals surface area contributed by atoms with Gasteiger partial charge in [0.1, 0.15) is 11.6 Å². The molecule has 8 heteroatoms. The average molecular weight is 428 g/mol. The molecular weight excluding hydrogens is 407 g/mol. The maximum absolute atomic E-state index is 13.7. The Bertz CT molecular complexity index is 1100. The number of hydrogen-bond donors (Lipinski definition) is 2. The highest BCUT2D eigenvalue weighted by Gasteiger charge is 2.20. The predicted octanol–water partition coefficient (Wildman–Crippen LogP) is 4.42. The number of anilines is 2. The Morgan fingerprint density at radius 2 is 1.60 bits per heavy atom. The van der Waals surface area contributed by atoms with Gasteiger partial charge in [0.25, 0.3) is 15.9 Å². The number of ether oxygens (including phenoxy) is 1. The van der Waals surface area contributed by atoms with Gasteiger partial charge in [-0.05, 0) is 55.0 Å². The molecule has 1 amide bonds. The van der Waals surface area contributed by atoms with Crippen molar-refractivity contribution in [3.8, 4) is 5.75 Å². The first kappa shape index (κ1) is 21.3. The molecule has 0 spiro atoms. The number of amides is 1. The van der Waals surface area contributed by atoms with E-state index in [1.807, 2.05) is 25.1 Å². The van der Waals surface area contributed by atoms with Gasteiger partial charge in [0.2, 0.25) is 0 Å². The number of halogens is 1. The van der Waals surface area contributed by atoms with E-state index >= 15 is 0 Å². The molecule has 3 aromatic carbocycles. The van der Waals surface area contributed by atoms with Gasteiger partial charge < -0.3 is 10.1 Å². The average Bonchev–Trinajstić information content (AvgIpc) is 2.74. The summed E-state index contributed by atoms with van der Waals surface area (Å²) in [5.41, 5.74) is 0.277. The molecule has 0 saturated heterocycles. The molecule has 0 saturated carbocycles. The maximum atomic E-state index is 13.7. The first-order chi connectivity index (χ1) is 14.4. The monoisotopic (exact) mass is 428 g/mol. The van der Waals surface area contributed by atoms with Crippen molar-refractivity contribution in [3.63, 3.8) is 0 Å². The predicted molar refractivity (Wildman–Crippen MR) is 113 cm³/mol. The summed E-state index contributed by atoms with van der Waals surface area (Å²) in [6.45, 7) is 1.83. The largest absolute Gasteiger partial charge is 0.481 e. The Hall–Kier alpha value is -3.39. The molecule has 6 nitrogen and oxygen atoms in total. The molecule has 1 atom stereocenters. The second-order valence-corrected chi connectivity index (χ2v) is 8.11. The zero-order chi connectivity index (χ0) is 21.6. The van der Waals surface area contributed by atoms with Crippen LogP contribution in [0.5, 0.6) is 5.75 Å². The Labute approximate surface area is 174 Å². The van der Waals surface area contributed by atoms with Crippen LogP contribution in [0.3, 0.4) is 0 Å². The Kier molecular flexibility index (Phi) is 6.68. The molecular formula is C22H21FN2O4S. The quantitative estimate of drug-likeness (QED) is 0.556. The topological polar surface area (TPSA) is 84.5 Å². The summed E-state index contributed by atoms with van der Waals surface area (Å²) in [5, 5.41) is 2.71. The van der Waals surface area contributed by atoms with Gasteiger partial charge in [-0.2, -0.15) is 0 Å². The highest BCUT2D eigenvalue weighted by molar-refractivity contribution is 7.92. The van der Waals surface area contributed by atoms with Crippen molar-refractivity contribution in [1.29, 1.82) is 0 Å². The zero-order valence-electron chi connectivity index (χ0n) is 16.2. The molecule has 0 aliphatic heterocycles. The first-order valence-corrected chi connectivity index (χ1v) is 10.8. The van der Waals surface area contributed by atoms with Gasteiger partial charge in [-0.25, -0.2) is 12.8 Å². The van der Waals surface area contributed by atoms with Crippen LogP contribution in [0.4, 0.5) is 15.8 Å². The third-order valence-electron chi connectivity index (χ3n) is 4.24. The molecule has 3 aromatic rings. The summed E-state index contributed by atoms with van der Waals surface area (Å²) in [4.78, 5) is 12.4. The lowest BCUT2D eigenvalue weighted by molar-refractivity contribution is -0.122. The normalized spacial score (nSPS) is 12.1. The van der Waals surface area contributed by atoms with E-state index in [9.17, 15) is 17.6 Å². The van der Waals surface area contributed by atoms with Crippen molar-refractivity contribution in [2.75, 3.05) is 10.0 Å². The lowest BCUT2D eigenvalue weighted by atomic mass is 10.2. The number of para-hydroxylation sites is 2. The van der Waals surface area contributed by atoms with Crippen molar-refractivity contribution in [2.45, 2.75) is 24.3 Å². The van der Waals surface area contributed by atoms with E-state index in [1.165, 1.54) is 42.5 Å². The van der Waals surface area contributed by atoms with Gasteiger partial charge in [0, 0.05) is 5.69 Å². The number of benzene rings is 3. The summed E-state index contributed by atoms with van der Waals surface area (Å²) in [5.74, 6) is -0.435. The van der Waals surface area contributed by atoms with Gasteiger partial charge in [-0.3, -0.25) is 9.52 Å². The second-order valence-electron chi connectivity index (χ2n) is 6.43. The van der Waals surface area contributed by atoms with Gasteiger partial charge in [0.15, 0.2) is 6.10 Å². The van der Waals surface area contributed by atoms with Crippen molar-refractivity contribution in [2.24, 2.45) is 0 Å². The summed E-state index contributed by atoms with van der Waals surface area (Å²) < 4.78 is 46.5. The van der Waals surface area contributed by atoms with E-state index in [4.69, 9.17) is 4.74 Å². The Morgan fingerprint density at radius 1 is 0.967 bits per heavy atom. The molecule has 0 radical (unpaired) electrons. The van der Waals surface area contributed by atoms with Crippen LogP contribution < -0.4 is 14.8 Å². The van der Waals surface area contributed by atoms with E-state index in [0.717, 1.165) is 6.07 Å². The molecule has 0 heterocycles. The van der Waals surface area contributed by atoms with E-state index in [0.29, 0.717) is 17.9 Å². The van der Waals surface area contributed by atoms with Gasteiger partial charge in [-0.15, -0.1) is 0 Å². The minimum absolute atomic E-state index is 0.0590. The highest BCUT2D eigenvalue weighted by Crippen LogP contribution is 2.21. The van der Waals surface area contributed by atoms with Crippen LogP contribution in [0.15, 0.2) is 83.8 Å². The van der Waals surface area contributed by atoms with Gasteiger partial charge in [-0.1, -0.05) is 37.3 Å². The number of nitrogens with one attached hydrogen (secondary N) is 2. The fourth-order valence-corrected chi connectivity index (χ4v) is 3.74. The summed E-state index contributed by atoms with van der Waals surface area (Å²) in [6.07, 6.45) is -0.238. The summed E-state index contributed by atoms with van der Waals surface area (Å²) in [6, 6.07) is 20.1. The molecule has 2 N–H and O–H groups in total. The molecule has 0 aliphatic carbocycles. The minimum Gasteiger partial charge on any atom is -0.481 e. The lowest BCUT2D eigenvalue weighted by Crippen LogP contribution is -2.32. The fraction of sp³-hybridized carbons (Fsp3) is 0.136. The van der Waals surface area contributed by atoms with Crippen LogP contribution in [0.1, 0.15) is 13.3 Å². The Morgan fingerprint density at radius 3 is 2.23 bits per heavy atom. The van der Waals surface area contributed by atoms with Gasteiger partial charge in [0.05, 0.1) is 10.6 Å². The lowest BCUT2D eigenvalue weighted by Gasteiger charge is -2.17. The minimum atomic E-state index is -3.97. The first-order valence-electron chi connectivity index (χ1n) is 9.29. The molecule has 0 bridgehead atoms. The van der Waals surface area contributed by atoms with Crippen molar-refractivity contribution >= 4 is 27.3 Å². The van der Waals surface area contributed by atoms with Crippen LogP contribution >= 0.6 is 0 Å². The molecule has 0 fully saturated rings. The molecule has 0 aliphatic rings. The van der Waals surface area contributed by atoms with Crippen LogP contribution in [0, 0.1) is 5.82 Å². The number of hydrogen-bond acceptors (Lipinski definition) is 4. The smallest absolute Gasteiger partial charge is 0.265 e. The molecule has 3 rings (SSSR count). The SMILES string of the molecule is CCC(Oc1ccccc1)C(=O)Nc1ccc(S(=O)(=O)Nc2ccccc2F)cc1. The standard InChI is InChI=1S/C22H21FN2O4S/c1-2-21(29-17-8-4-3-5-9-17)22(26)24-16-12-14-18(15-13-16)30(27,28)25-20-11-7-6-10-19(20)23/h3-15,21,25H,2H2,1H3,(H,24,26). The third kappa shape index (κ3) is 5.36. The van der Waals surface area contributed by atoms with Crippen LogP contribution in [-0.2, 0) is 14.8 Å². The van der Waals surface area contributed by atoms with Gasteiger partial charge >= 0.3 is 0 Å². The van der Waals surface area contributed by atoms with Crippen molar-refractivity contribution < 1.29 is 22.3 Å². The Balaban J connectivity index is 1.67. The van der Waals surface area contributed by atoms with Crippen LogP contribution in [0.2, 0.25) is 0 Å². The highest BCUT2D eigenvalue weighted by atomic mass is 32.2. The van der Waals surface area contributed by atoms with E-state index in [2.05, 4.69) is 10.0 Å². The second kappa shape index (κ2) is 9.41. The van der Waals surface area contributed by atoms with Crippen molar-refractivity contribution in [3.05, 3.63) is 84.7 Å². The van der Waals surface area contributed by atoms with E-state index in [-0.39, 0.29) is 16.5 Å². The van der Waals surface area contributed by atoms with E-state index in [1.54, 1.807) is 12.1 Å². The number of sulfonamides is 1. The molecule has 0 aromatic heterocycles. The van der Waals surface area contributed by atoms with Crippen LogP contribution in [-0.4, -0.2) is 20.4 Å². The molecule has 30 heavy (non-hydrogen) atoms.